The standard InChI is InChI=1S/C19H16N4O3S/c20-19-12-5-1-2-6-13(12)21-16(22-19)10-26-18(25)9-23-14-7-3-4-8-15(14)27-11-17(23)24/h1-8H,9-11H2,(H2,20,21,22). The monoisotopic (exact) mass is 380 g/mol. The number of hydrogen-bond donors (Lipinski definition) is 1. The molecule has 0 spiro atoms. The van der Waals surface area contributed by atoms with Crippen LogP contribution in [-0.2, 0) is 20.9 Å². The number of para-hydroxylation sites is 2. The van der Waals surface area contributed by atoms with E-state index >= 15 is 0 Å². The van der Waals surface area contributed by atoms with Gasteiger partial charge in [-0.3, -0.25) is 14.5 Å². The zero-order valence-electron chi connectivity index (χ0n) is 14.3. The molecule has 0 radical (unpaired) electrons. The van der Waals surface area contributed by atoms with Gasteiger partial charge in [0.15, 0.2) is 12.4 Å². The van der Waals surface area contributed by atoms with Crippen LogP contribution in [0.4, 0.5) is 11.5 Å². The molecule has 1 aromatic heterocycles. The number of rotatable bonds is 4. The number of nitrogen functional groups attached to an aromatic ring is 1. The second-order valence-corrected chi connectivity index (χ2v) is 6.96. The number of esters is 1. The number of hydrogen-bond acceptors (Lipinski definition) is 7. The van der Waals surface area contributed by atoms with Crippen molar-refractivity contribution in [2.24, 2.45) is 0 Å². The molecule has 0 fully saturated rings. The van der Waals surface area contributed by atoms with Crippen molar-refractivity contribution in [3.8, 4) is 0 Å². The summed E-state index contributed by atoms with van der Waals surface area (Å²) in [5, 5.41) is 0.751. The summed E-state index contributed by atoms with van der Waals surface area (Å²) in [5.41, 5.74) is 7.35. The summed E-state index contributed by atoms with van der Waals surface area (Å²) in [6.07, 6.45) is 0. The molecule has 1 aliphatic heterocycles. The van der Waals surface area contributed by atoms with E-state index in [2.05, 4.69) is 9.97 Å². The maximum Gasteiger partial charge on any atom is 0.326 e. The molecule has 1 aliphatic rings. The molecule has 136 valence electrons. The summed E-state index contributed by atoms with van der Waals surface area (Å²) in [6, 6.07) is 14.8. The van der Waals surface area contributed by atoms with Gasteiger partial charge in [0.2, 0.25) is 5.91 Å². The van der Waals surface area contributed by atoms with Crippen LogP contribution in [0.25, 0.3) is 10.9 Å². The highest BCUT2D eigenvalue weighted by atomic mass is 32.2. The molecule has 0 aliphatic carbocycles. The molecular weight excluding hydrogens is 364 g/mol. The minimum atomic E-state index is -0.527. The molecule has 3 aromatic rings. The molecule has 7 nitrogen and oxygen atoms in total. The van der Waals surface area contributed by atoms with Crippen LogP contribution >= 0.6 is 11.8 Å². The highest BCUT2D eigenvalue weighted by Crippen LogP contribution is 2.34. The molecule has 2 aromatic carbocycles. The van der Waals surface area contributed by atoms with Gasteiger partial charge in [0.05, 0.1) is 17.0 Å². The van der Waals surface area contributed by atoms with E-state index in [-0.39, 0.29) is 19.1 Å². The minimum absolute atomic E-state index is 0.105. The molecule has 2 heterocycles. The third-order valence-electron chi connectivity index (χ3n) is 4.14. The molecule has 27 heavy (non-hydrogen) atoms. The van der Waals surface area contributed by atoms with Gasteiger partial charge in [-0.2, -0.15) is 0 Å². The van der Waals surface area contributed by atoms with Crippen molar-refractivity contribution < 1.29 is 14.3 Å². The number of amides is 1. The maximum atomic E-state index is 12.3. The van der Waals surface area contributed by atoms with Gasteiger partial charge in [0.25, 0.3) is 0 Å². The average Bonchev–Trinajstić information content (AvgIpc) is 2.69. The van der Waals surface area contributed by atoms with Crippen molar-refractivity contribution in [1.29, 1.82) is 0 Å². The highest BCUT2D eigenvalue weighted by Gasteiger charge is 2.26. The van der Waals surface area contributed by atoms with E-state index in [1.165, 1.54) is 16.7 Å². The van der Waals surface area contributed by atoms with Crippen molar-refractivity contribution in [2.45, 2.75) is 11.5 Å². The second-order valence-electron chi connectivity index (χ2n) is 5.94. The summed E-state index contributed by atoms with van der Waals surface area (Å²) in [4.78, 5) is 35.4. The van der Waals surface area contributed by atoms with E-state index < -0.39 is 5.97 Å². The number of nitrogens with two attached hydrogens (primary N) is 1. The minimum Gasteiger partial charge on any atom is -0.456 e. The van der Waals surface area contributed by atoms with E-state index in [9.17, 15) is 9.59 Å². The van der Waals surface area contributed by atoms with Crippen molar-refractivity contribution in [3.63, 3.8) is 0 Å². The van der Waals surface area contributed by atoms with Gasteiger partial charge >= 0.3 is 5.97 Å². The number of aromatic nitrogens is 2. The number of ether oxygens (including phenoxy) is 1. The lowest BCUT2D eigenvalue weighted by molar-refractivity contribution is -0.144. The number of benzene rings is 2. The number of nitrogens with zero attached hydrogens (tertiary/aromatic N) is 3. The van der Waals surface area contributed by atoms with Gasteiger partial charge < -0.3 is 10.5 Å². The van der Waals surface area contributed by atoms with Gasteiger partial charge in [0, 0.05) is 10.3 Å². The quantitative estimate of drug-likeness (QED) is 0.694. The van der Waals surface area contributed by atoms with Crippen molar-refractivity contribution in [3.05, 3.63) is 54.4 Å². The van der Waals surface area contributed by atoms with Crippen LogP contribution in [0, 0.1) is 0 Å². The van der Waals surface area contributed by atoms with Gasteiger partial charge in [-0.1, -0.05) is 24.3 Å². The molecule has 1 amide bonds. The van der Waals surface area contributed by atoms with Crippen LogP contribution in [0.5, 0.6) is 0 Å². The van der Waals surface area contributed by atoms with Crippen LogP contribution in [0.2, 0.25) is 0 Å². The first-order chi connectivity index (χ1) is 13.1. The van der Waals surface area contributed by atoms with Gasteiger partial charge in [0.1, 0.15) is 12.4 Å². The Morgan fingerprint density at radius 1 is 1.15 bits per heavy atom. The average molecular weight is 380 g/mol. The third-order valence-corrected chi connectivity index (χ3v) is 5.18. The number of thioether (sulfide) groups is 1. The molecule has 0 atom stereocenters. The largest absolute Gasteiger partial charge is 0.456 e. The van der Waals surface area contributed by atoms with E-state index in [1.54, 1.807) is 0 Å². The van der Waals surface area contributed by atoms with E-state index in [0.717, 1.165) is 16.0 Å². The maximum absolute atomic E-state index is 12.3. The Hall–Kier alpha value is -3.13. The fourth-order valence-electron chi connectivity index (χ4n) is 2.86. The summed E-state index contributed by atoms with van der Waals surface area (Å²) in [6.45, 7) is -0.258. The number of anilines is 2. The normalized spacial score (nSPS) is 13.5. The summed E-state index contributed by atoms with van der Waals surface area (Å²) in [5.74, 6) is 0.306. The number of carbonyl (C=O) groups excluding carboxylic acids is 2. The van der Waals surface area contributed by atoms with Crippen LogP contribution in [-0.4, -0.2) is 34.1 Å². The van der Waals surface area contributed by atoms with E-state index in [4.69, 9.17) is 10.5 Å². The molecule has 2 N–H and O–H groups in total. The molecular formula is C19H16N4O3S. The smallest absolute Gasteiger partial charge is 0.326 e. The zero-order valence-corrected chi connectivity index (χ0v) is 15.1. The first kappa shape index (κ1) is 17.3. The molecule has 0 unspecified atom stereocenters. The SMILES string of the molecule is Nc1nc(COC(=O)CN2C(=O)CSc3ccccc32)nc2ccccc12. The van der Waals surface area contributed by atoms with Crippen LogP contribution < -0.4 is 10.6 Å². The Bertz CT molecular complexity index is 1040. The summed E-state index contributed by atoms with van der Waals surface area (Å²) in [7, 11) is 0. The van der Waals surface area contributed by atoms with Crippen LogP contribution in [0.1, 0.15) is 5.82 Å². The first-order valence-corrected chi connectivity index (χ1v) is 9.29. The first-order valence-electron chi connectivity index (χ1n) is 8.31. The molecule has 0 saturated heterocycles. The lowest BCUT2D eigenvalue weighted by Crippen LogP contribution is -2.39. The molecule has 0 saturated carbocycles. The molecule has 4 rings (SSSR count). The van der Waals surface area contributed by atoms with E-state index in [0.29, 0.717) is 22.9 Å². The lowest BCUT2D eigenvalue weighted by Gasteiger charge is -2.27. The Kier molecular flexibility index (Phi) is 4.64. The lowest BCUT2D eigenvalue weighted by atomic mass is 10.2. The van der Waals surface area contributed by atoms with E-state index in [1.807, 2.05) is 48.5 Å². The molecule has 8 heteroatoms. The Balaban J connectivity index is 1.45. The number of fused-ring (bicyclic) bond motifs is 2. The highest BCUT2D eigenvalue weighted by molar-refractivity contribution is 8.00. The van der Waals surface area contributed by atoms with Crippen LogP contribution in [0.3, 0.4) is 0 Å². The fraction of sp³-hybridized carbons (Fsp3) is 0.158. The fourth-order valence-corrected chi connectivity index (χ4v) is 3.80. The Morgan fingerprint density at radius 2 is 1.93 bits per heavy atom. The number of carbonyl (C=O) groups is 2. The second kappa shape index (κ2) is 7.24. The van der Waals surface area contributed by atoms with Gasteiger partial charge in [-0.25, -0.2) is 9.97 Å². The van der Waals surface area contributed by atoms with Gasteiger partial charge in [-0.15, -0.1) is 11.8 Å². The Morgan fingerprint density at radius 3 is 2.81 bits per heavy atom. The van der Waals surface area contributed by atoms with Crippen molar-refractivity contribution in [1.82, 2.24) is 9.97 Å². The summed E-state index contributed by atoms with van der Waals surface area (Å²) >= 11 is 1.46. The zero-order chi connectivity index (χ0) is 18.8. The van der Waals surface area contributed by atoms with Crippen molar-refractivity contribution >= 4 is 46.0 Å². The van der Waals surface area contributed by atoms with Gasteiger partial charge in [-0.05, 0) is 24.3 Å². The summed E-state index contributed by atoms with van der Waals surface area (Å²) < 4.78 is 5.28. The van der Waals surface area contributed by atoms with Crippen molar-refractivity contribution in [2.75, 3.05) is 22.9 Å². The van der Waals surface area contributed by atoms with Crippen LogP contribution in [0.15, 0.2) is 53.4 Å². The topological polar surface area (TPSA) is 98.4 Å². The third kappa shape index (κ3) is 3.56. The predicted molar refractivity (Wildman–Crippen MR) is 103 cm³/mol. The Labute approximate surface area is 159 Å². The molecule has 0 bridgehead atoms. The predicted octanol–water partition coefficient (Wildman–Crippen LogP) is 2.39.